The first kappa shape index (κ1) is 15.5. The molecule has 0 unspecified atom stereocenters. The number of hydrogen-bond donors (Lipinski definition) is 3. The molecule has 0 aliphatic carbocycles. The largest absolute Gasteiger partial charge is 0.330 e. The van der Waals surface area contributed by atoms with Crippen LogP contribution in [0.15, 0.2) is 35.7 Å². The van der Waals surface area contributed by atoms with Crippen LogP contribution in [-0.4, -0.2) is 18.4 Å². The third-order valence-electron chi connectivity index (χ3n) is 2.61. The summed E-state index contributed by atoms with van der Waals surface area (Å²) in [7, 11) is 0. The summed E-state index contributed by atoms with van der Waals surface area (Å²) < 4.78 is 0. The lowest BCUT2D eigenvalue weighted by atomic mass is 10.2. The lowest BCUT2D eigenvalue weighted by Crippen LogP contribution is -2.17. The van der Waals surface area contributed by atoms with E-state index in [0.717, 1.165) is 0 Å². The zero-order valence-corrected chi connectivity index (χ0v) is 12.6. The van der Waals surface area contributed by atoms with Crippen LogP contribution in [0.4, 0.5) is 11.4 Å². The summed E-state index contributed by atoms with van der Waals surface area (Å²) in [6.45, 7) is 0.262. The van der Waals surface area contributed by atoms with Crippen molar-refractivity contribution in [1.82, 2.24) is 0 Å². The van der Waals surface area contributed by atoms with Crippen LogP contribution in [0.25, 0.3) is 0 Å². The number of halogens is 1. The normalized spacial score (nSPS) is 10.2. The molecule has 110 valence electrons. The van der Waals surface area contributed by atoms with Crippen LogP contribution < -0.4 is 16.4 Å². The van der Waals surface area contributed by atoms with E-state index in [2.05, 4.69) is 10.6 Å². The van der Waals surface area contributed by atoms with E-state index in [0.29, 0.717) is 21.3 Å². The van der Waals surface area contributed by atoms with E-state index in [9.17, 15) is 9.59 Å². The van der Waals surface area contributed by atoms with E-state index in [-0.39, 0.29) is 24.8 Å². The summed E-state index contributed by atoms with van der Waals surface area (Å²) in [6.07, 6.45) is 0.210. The average molecular weight is 324 g/mol. The van der Waals surface area contributed by atoms with Crippen molar-refractivity contribution in [2.75, 3.05) is 17.2 Å². The molecule has 2 amide bonds. The minimum atomic E-state index is -0.221. The van der Waals surface area contributed by atoms with E-state index in [1.54, 1.807) is 30.3 Å². The fraction of sp³-hybridized carbons (Fsp3) is 0.143. The second-order valence-corrected chi connectivity index (χ2v) is 5.57. The van der Waals surface area contributed by atoms with Crippen LogP contribution in [0.2, 0.25) is 5.02 Å². The molecule has 0 radical (unpaired) electrons. The Morgan fingerprint density at radius 3 is 2.71 bits per heavy atom. The Morgan fingerprint density at radius 1 is 1.24 bits per heavy atom. The van der Waals surface area contributed by atoms with Gasteiger partial charge in [0.25, 0.3) is 5.91 Å². The van der Waals surface area contributed by atoms with Crippen LogP contribution in [0, 0.1) is 0 Å². The number of nitrogens with one attached hydrogen (secondary N) is 2. The van der Waals surface area contributed by atoms with Crippen molar-refractivity contribution in [2.24, 2.45) is 5.73 Å². The van der Waals surface area contributed by atoms with Gasteiger partial charge in [-0.1, -0.05) is 17.7 Å². The first-order valence-electron chi connectivity index (χ1n) is 6.24. The SMILES string of the molecule is NCCC(=O)Nc1cc(NC(=O)c2cccs2)ccc1Cl. The number of thiophene rings is 1. The van der Waals surface area contributed by atoms with Gasteiger partial charge < -0.3 is 16.4 Å². The summed E-state index contributed by atoms with van der Waals surface area (Å²) in [5.41, 5.74) is 6.32. The van der Waals surface area contributed by atoms with Crippen LogP contribution >= 0.6 is 22.9 Å². The second-order valence-electron chi connectivity index (χ2n) is 4.21. The Kier molecular flexibility index (Phi) is 5.32. The number of benzene rings is 1. The Hall–Kier alpha value is -1.89. The van der Waals surface area contributed by atoms with Crippen molar-refractivity contribution >= 4 is 46.1 Å². The van der Waals surface area contributed by atoms with Crippen molar-refractivity contribution in [3.05, 3.63) is 45.6 Å². The summed E-state index contributed by atoms with van der Waals surface area (Å²) in [5.74, 6) is -0.423. The van der Waals surface area contributed by atoms with Gasteiger partial charge in [0.2, 0.25) is 5.91 Å². The second kappa shape index (κ2) is 7.21. The molecule has 0 atom stereocenters. The van der Waals surface area contributed by atoms with Gasteiger partial charge in [0.05, 0.1) is 15.6 Å². The van der Waals surface area contributed by atoms with E-state index in [4.69, 9.17) is 17.3 Å². The number of hydrogen-bond acceptors (Lipinski definition) is 4. The Labute approximate surface area is 131 Å². The lowest BCUT2D eigenvalue weighted by molar-refractivity contribution is -0.116. The molecular weight excluding hydrogens is 310 g/mol. The van der Waals surface area contributed by atoms with Gasteiger partial charge in [0.1, 0.15) is 0 Å². The predicted octanol–water partition coefficient (Wildman–Crippen LogP) is 2.94. The van der Waals surface area contributed by atoms with Gasteiger partial charge in [-0.25, -0.2) is 0 Å². The summed E-state index contributed by atoms with van der Waals surface area (Å²) in [4.78, 5) is 24.1. The highest BCUT2D eigenvalue weighted by Crippen LogP contribution is 2.26. The minimum Gasteiger partial charge on any atom is -0.330 e. The van der Waals surface area contributed by atoms with Gasteiger partial charge >= 0.3 is 0 Å². The fourth-order valence-electron chi connectivity index (χ4n) is 1.64. The molecule has 0 spiro atoms. The molecule has 0 aliphatic heterocycles. The van der Waals surface area contributed by atoms with Crippen LogP contribution in [0.3, 0.4) is 0 Å². The highest BCUT2D eigenvalue weighted by atomic mass is 35.5. The maximum Gasteiger partial charge on any atom is 0.265 e. The van der Waals surface area contributed by atoms with E-state index >= 15 is 0 Å². The van der Waals surface area contributed by atoms with E-state index < -0.39 is 0 Å². The van der Waals surface area contributed by atoms with Gasteiger partial charge in [-0.05, 0) is 29.6 Å². The molecule has 0 saturated carbocycles. The van der Waals surface area contributed by atoms with Crippen molar-refractivity contribution in [2.45, 2.75) is 6.42 Å². The van der Waals surface area contributed by atoms with Crippen molar-refractivity contribution in [1.29, 1.82) is 0 Å². The first-order chi connectivity index (χ1) is 10.1. The number of carbonyl (C=O) groups excluding carboxylic acids is 2. The smallest absolute Gasteiger partial charge is 0.265 e. The highest BCUT2D eigenvalue weighted by Gasteiger charge is 2.10. The van der Waals surface area contributed by atoms with Gasteiger partial charge in [-0.15, -0.1) is 11.3 Å². The summed E-state index contributed by atoms with van der Waals surface area (Å²) in [6, 6.07) is 8.44. The van der Waals surface area contributed by atoms with E-state index in [1.807, 2.05) is 5.38 Å². The maximum absolute atomic E-state index is 12.0. The molecule has 1 aromatic heterocycles. The van der Waals surface area contributed by atoms with Gasteiger partial charge in [0.15, 0.2) is 0 Å². The number of amides is 2. The molecule has 0 bridgehead atoms. The quantitative estimate of drug-likeness (QED) is 0.791. The maximum atomic E-state index is 12.0. The molecule has 21 heavy (non-hydrogen) atoms. The van der Waals surface area contributed by atoms with Crippen molar-refractivity contribution in [3.63, 3.8) is 0 Å². The highest BCUT2D eigenvalue weighted by molar-refractivity contribution is 7.12. The van der Waals surface area contributed by atoms with E-state index in [1.165, 1.54) is 11.3 Å². The molecule has 0 aliphatic rings. The minimum absolute atomic E-state index is 0.202. The Balaban J connectivity index is 2.11. The number of anilines is 2. The van der Waals surface area contributed by atoms with Gasteiger partial charge in [-0.2, -0.15) is 0 Å². The number of rotatable bonds is 5. The average Bonchev–Trinajstić information content (AvgIpc) is 2.97. The Bertz CT molecular complexity index is 644. The molecule has 2 rings (SSSR count). The van der Waals surface area contributed by atoms with Crippen LogP contribution in [0.5, 0.6) is 0 Å². The Morgan fingerprint density at radius 2 is 2.05 bits per heavy atom. The van der Waals surface area contributed by atoms with Gasteiger partial charge in [0, 0.05) is 18.7 Å². The molecule has 2 aromatic rings. The topological polar surface area (TPSA) is 84.2 Å². The number of nitrogens with two attached hydrogens (primary N) is 1. The first-order valence-corrected chi connectivity index (χ1v) is 7.50. The van der Waals surface area contributed by atoms with Crippen molar-refractivity contribution in [3.8, 4) is 0 Å². The third kappa shape index (κ3) is 4.29. The number of carbonyl (C=O) groups is 2. The zero-order chi connectivity index (χ0) is 15.2. The monoisotopic (exact) mass is 323 g/mol. The molecular formula is C14H14ClN3O2S. The van der Waals surface area contributed by atoms with Crippen molar-refractivity contribution < 1.29 is 9.59 Å². The molecule has 1 aromatic carbocycles. The van der Waals surface area contributed by atoms with Crippen LogP contribution in [0.1, 0.15) is 16.1 Å². The molecule has 0 saturated heterocycles. The molecule has 0 fully saturated rings. The fourth-order valence-corrected chi connectivity index (χ4v) is 2.43. The van der Waals surface area contributed by atoms with Crippen LogP contribution in [-0.2, 0) is 4.79 Å². The predicted molar refractivity (Wildman–Crippen MR) is 86.0 cm³/mol. The molecule has 1 heterocycles. The third-order valence-corrected chi connectivity index (χ3v) is 3.81. The summed E-state index contributed by atoms with van der Waals surface area (Å²) >= 11 is 7.37. The molecule has 5 nitrogen and oxygen atoms in total. The lowest BCUT2D eigenvalue weighted by Gasteiger charge is -2.10. The zero-order valence-electron chi connectivity index (χ0n) is 11.1. The molecule has 4 N–H and O–H groups in total. The molecule has 7 heteroatoms. The van der Waals surface area contributed by atoms with Gasteiger partial charge in [-0.3, -0.25) is 9.59 Å². The standard InChI is InChI=1S/C14H14ClN3O2S/c15-10-4-3-9(8-11(10)18-13(19)5-6-16)17-14(20)12-2-1-7-21-12/h1-4,7-8H,5-6,16H2,(H,17,20)(H,18,19). The summed E-state index contributed by atoms with van der Waals surface area (Å²) in [5, 5.41) is 7.64.